The van der Waals surface area contributed by atoms with E-state index in [-0.39, 0.29) is 0 Å². The number of nitrogens with two attached hydrogens (primary N) is 1. The van der Waals surface area contributed by atoms with Crippen LogP contribution in [0.3, 0.4) is 0 Å². The molecule has 0 saturated heterocycles. The molecule has 2 N–H and O–H groups in total. The second kappa shape index (κ2) is 6.25. The summed E-state index contributed by atoms with van der Waals surface area (Å²) in [4.78, 5) is 4.28. The molecular formula is C13H17N3O4. The highest BCUT2D eigenvalue weighted by molar-refractivity contribution is 5.68. The van der Waals surface area contributed by atoms with Crippen LogP contribution in [0.15, 0.2) is 16.7 Å². The van der Waals surface area contributed by atoms with E-state index >= 15 is 0 Å². The third-order valence-electron chi connectivity index (χ3n) is 2.77. The molecule has 0 atom stereocenters. The minimum Gasteiger partial charge on any atom is -0.496 e. The minimum atomic E-state index is 0.353. The summed E-state index contributed by atoms with van der Waals surface area (Å²) < 4.78 is 21.0. The maximum absolute atomic E-state index is 5.47. The van der Waals surface area contributed by atoms with E-state index in [4.69, 9.17) is 24.5 Å². The van der Waals surface area contributed by atoms with Gasteiger partial charge >= 0.3 is 0 Å². The Labute approximate surface area is 116 Å². The predicted octanol–water partition coefficient (Wildman–Crippen LogP) is 1.26. The van der Waals surface area contributed by atoms with Crippen molar-refractivity contribution < 1.29 is 18.7 Å². The van der Waals surface area contributed by atoms with Gasteiger partial charge in [-0.25, -0.2) is 0 Å². The van der Waals surface area contributed by atoms with Gasteiger partial charge in [-0.05, 0) is 6.54 Å². The smallest absolute Gasteiger partial charge is 0.261 e. The van der Waals surface area contributed by atoms with Gasteiger partial charge in [-0.1, -0.05) is 5.16 Å². The normalized spacial score (nSPS) is 10.4. The second-order valence-corrected chi connectivity index (χ2v) is 3.96. The third-order valence-corrected chi connectivity index (χ3v) is 2.77. The molecule has 2 rings (SSSR count). The van der Waals surface area contributed by atoms with Gasteiger partial charge in [0.2, 0.25) is 0 Å². The molecule has 7 nitrogen and oxygen atoms in total. The summed E-state index contributed by atoms with van der Waals surface area (Å²) in [6.45, 7) is 0.460. The maximum atomic E-state index is 5.47. The lowest BCUT2D eigenvalue weighted by Crippen LogP contribution is -2.03. The molecule has 20 heavy (non-hydrogen) atoms. The Morgan fingerprint density at radius 2 is 1.70 bits per heavy atom. The molecular weight excluding hydrogens is 262 g/mol. The number of benzene rings is 1. The summed E-state index contributed by atoms with van der Waals surface area (Å²) >= 11 is 0. The van der Waals surface area contributed by atoms with E-state index in [1.54, 1.807) is 33.5 Å². The van der Waals surface area contributed by atoms with E-state index in [2.05, 4.69) is 10.1 Å². The first-order valence-corrected chi connectivity index (χ1v) is 6.06. The first kappa shape index (κ1) is 14.1. The predicted molar refractivity (Wildman–Crippen MR) is 72.1 cm³/mol. The van der Waals surface area contributed by atoms with Crippen LogP contribution >= 0.6 is 0 Å². The van der Waals surface area contributed by atoms with Crippen LogP contribution in [-0.2, 0) is 6.42 Å². The maximum Gasteiger partial charge on any atom is 0.261 e. The molecule has 0 radical (unpaired) electrons. The molecule has 108 valence electrons. The Bertz CT molecular complexity index is 583. The second-order valence-electron chi connectivity index (χ2n) is 3.96. The molecule has 0 aliphatic rings. The Morgan fingerprint density at radius 1 is 1.05 bits per heavy atom. The van der Waals surface area contributed by atoms with Crippen LogP contribution in [0, 0.1) is 0 Å². The molecule has 7 heteroatoms. The standard InChI is InChI=1S/C13H17N3O4/c1-17-9-7-11(19-3)10(18-2)6-8(9)13-15-12(4-5-14)16-20-13/h6-7H,4-5,14H2,1-3H3. The van der Waals surface area contributed by atoms with Crippen molar-refractivity contribution in [2.45, 2.75) is 6.42 Å². The number of hydrogen-bond acceptors (Lipinski definition) is 7. The summed E-state index contributed by atoms with van der Waals surface area (Å²) in [5.74, 6) is 2.59. The number of ether oxygens (including phenoxy) is 3. The molecule has 1 heterocycles. The quantitative estimate of drug-likeness (QED) is 0.850. The average molecular weight is 279 g/mol. The Hall–Kier alpha value is -2.28. The van der Waals surface area contributed by atoms with E-state index < -0.39 is 0 Å². The van der Waals surface area contributed by atoms with Gasteiger partial charge in [0.05, 0.1) is 26.9 Å². The molecule has 0 bridgehead atoms. The van der Waals surface area contributed by atoms with Gasteiger partial charge in [-0.15, -0.1) is 0 Å². The van der Waals surface area contributed by atoms with E-state index in [1.165, 1.54) is 0 Å². The first-order valence-electron chi connectivity index (χ1n) is 6.06. The molecule has 0 fully saturated rings. The molecule has 2 aromatic rings. The number of hydrogen-bond donors (Lipinski definition) is 1. The van der Waals surface area contributed by atoms with Crippen LogP contribution in [0.25, 0.3) is 11.5 Å². The van der Waals surface area contributed by atoms with Gasteiger partial charge in [0.25, 0.3) is 5.89 Å². The lowest BCUT2D eigenvalue weighted by molar-refractivity contribution is 0.348. The van der Waals surface area contributed by atoms with Gasteiger partial charge < -0.3 is 24.5 Å². The van der Waals surface area contributed by atoms with Crippen LogP contribution in [0.5, 0.6) is 17.2 Å². The molecule has 0 spiro atoms. The first-order chi connectivity index (χ1) is 9.73. The minimum absolute atomic E-state index is 0.353. The fourth-order valence-electron chi connectivity index (χ4n) is 1.79. The highest BCUT2D eigenvalue weighted by Gasteiger charge is 2.18. The molecule has 0 unspecified atom stereocenters. The number of nitrogens with zero attached hydrogens (tertiary/aromatic N) is 2. The van der Waals surface area contributed by atoms with Crippen molar-refractivity contribution in [2.75, 3.05) is 27.9 Å². The molecule has 1 aromatic carbocycles. The van der Waals surface area contributed by atoms with Crippen molar-refractivity contribution in [3.8, 4) is 28.7 Å². The van der Waals surface area contributed by atoms with Gasteiger partial charge in [0.1, 0.15) is 5.75 Å². The molecule has 1 aromatic heterocycles. The van der Waals surface area contributed by atoms with Crippen LogP contribution in [0.4, 0.5) is 0 Å². The summed E-state index contributed by atoms with van der Waals surface area (Å²) in [5, 5.41) is 3.86. The average Bonchev–Trinajstić information content (AvgIpc) is 2.94. The van der Waals surface area contributed by atoms with E-state index in [0.29, 0.717) is 47.5 Å². The van der Waals surface area contributed by atoms with E-state index in [1.807, 2.05) is 0 Å². The van der Waals surface area contributed by atoms with Crippen molar-refractivity contribution >= 4 is 0 Å². The largest absolute Gasteiger partial charge is 0.496 e. The number of aromatic nitrogens is 2. The van der Waals surface area contributed by atoms with Gasteiger partial charge in [-0.3, -0.25) is 0 Å². The summed E-state index contributed by atoms with van der Waals surface area (Å²) in [6, 6.07) is 3.44. The summed E-state index contributed by atoms with van der Waals surface area (Å²) in [6.07, 6.45) is 0.555. The lowest BCUT2D eigenvalue weighted by atomic mass is 10.1. The summed E-state index contributed by atoms with van der Waals surface area (Å²) in [7, 11) is 4.67. The monoisotopic (exact) mass is 279 g/mol. The Morgan fingerprint density at radius 3 is 2.30 bits per heavy atom. The van der Waals surface area contributed by atoms with Crippen LogP contribution < -0.4 is 19.9 Å². The van der Waals surface area contributed by atoms with Crippen molar-refractivity contribution in [3.05, 3.63) is 18.0 Å². The fraction of sp³-hybridized carbons (Fsp3) is 0.385. The topological polar surface area (TPSA) is 92.6 Å². The zero-order valence-electron chi connectivity index (χ0n) is 11.7. The van der Waals surface area contributed by atoms with E-state index in [0.717, 1.165) is 0 Å². The highest BCUT2D eigenvalue weighted by Crippen LogP contribution is 2.39. The zero-order chi connectivity index (χ0) is 14.5. The molecule has 0 amide bonds. The van der Waals surface area contributed by atoms with Gasteiger partial charge in [0, 0.05) is 18.6 Å². The van der Waals surface area contributed by atoms with Crippen molar-refractivity contribution in [3.63, 3.8) is 0 Å². The van der Waals surface area contributed by atoms with Gasteiger partial charge in [-0.2, -0.15) is 4.98 Å². The fourth-order valence-corrected chi connectivity index (χ4v) is 1.79. The van der Waals surface area contributed by atoms with Gasteiger partial charge in [0.15, 0.2) is 17.3 Å². The number of rotatable bonds is 6. The van der Waals surface area contributed by atoms with Crippen molar-refractivity contribution in [2.24, 2.45) is 5.73 Å². The van der Waals surface area contributed by atoms with Crippen LogP contribution in [0.2, 0.25) is 0 Å². The number of methoxy groups -OCH3 is 3. The van der Waals surface area contributed by atoms with E-state index in [9.17, 15) is 0 Å². The SMILES string of the molecule is COc1cc(OC)c(-c2nc(CCN)no2)cc1OC. The summed E-state index contributed by atoms with van der Waals surface area (Å²) in [5.41, 5.74) is 6.10. The van der Waals surface area contributed by atoms with Crippen LogP contribution in [0.1, 0.15) is 5.82 Å². The van der Waals surface area contributed by atoms with Crippen molar-refractivity contribution in [1.29, 1.82) is 0 Å². The Kier molecular flexibility index (Phi) is 4.41. The molecule has 0 aliphatic carbocycles. The third kappa shape index (κ3) is 2.67. The van der Waals surface area contributed by atoms with Crippen molar-refractivity contribution in [1.82, 2.24) is 10.1 Å². The molecule has 0 aliphatic heterocycles. The zero-order valence-corrected chi connectivity index (χ0v) is 11.7. The lowest BCUT2D eigenvalue weighted by Gasteiger charge is -2.11. The Balaban J connectivity index is 2.47. The molecule has 0 saturated carbocycles. The van der Waals surface area contributed by atoms with Crippen LogP contribution in [-0.4, -0.2) is 38.0 Å². The highest BCUT2D eigenvalue weighted by atomic mass is 16.5.